The summed E-state index contributed by atoms with van der Waals surface area (Å²) in [5.74, 6) is 1.77. The van der Waals surface area contributed by atoms with E-state index < -0.39 is 5.91 Å². The van der Waals surface area contributed by atoms with Crippen molar-refractivity contribution >= 4 is 16.8 Å². The van der Waals surface area contributed by atoms with Gasteiger partial charge in [0.1, 0.15) is 5.75 Å². The number of amides is 1. The van der Waals surface area contributed by atoms with Crippen molar-refractivity contribution in [3.63, 3.8) is 0 Å². The fourth-order valence-electron chi connectivity index (χ4n) is 5.24. The van der Waals surface area contributed by atoms with Crippen LogP contribution in [0.5, 0.6) is 17.2 Å². The Bertz CT molecular complexity index is 1180. The lowest BCUT2D eigenvalue weighted by Crippen LogP contribution is -2.29. The van der Waals surface area contributed by atoms with Crippen molar-refractivity contribution in [2.45, 2.75) is 57.5 Å². The van der Waals surface area contributed by atoms with Crippen LogP contribution in [0.3, 0.4) is 0 Å². The molecular weight excluding hydrogens is 430 g/mol. The first kappa shape index (κ1) is 24.0. The van der Waals surface area contributed by atoms with Crippen molar-refractivity contribution in [1.29, 1.82) is 0 Å². The summed E-state index contributed by atoms with van der Waals surface area (Å²) in [6.07, 6.45) is 4.17. The maximum Gasteiger partial charge on any atom is 0.255 e. The first-order valence-corrected chi connectivity index (χ1v) is 11.9. The van der Waals surface area contributed by atoms with Crippen LogP contribution in [0.4, 0.5) is 0 Å². The van der Waals surface area contributed by atoms with Gasteiger partial charge < -0.3 is 30.2 Å². The number of primary amides is 1. The Morgan fingerprint density at radius 1 is 1.09 bits per heavy atom. The SMILES string of the molecule is COc1ccc(-c2c(C(C)C)c3cc(OCC(N)=O)ccc3n2C2CCCC(N)C2)cc1OC. The molecule has 3 aromatic rings. The van der Waals surface area contributed by atoms with Gasteiger partial charge in [-0.15, -0.1) is 0 Å². The molecule has 34 heavy (non-hydrogen) atoms. The summed E-state index contributed by atoms with van der Waals surface area (Å²) < 4.78 is 19.2. The summed E-state index contributed by atoms with van der Waals surface area (Å²) in [6.45, 7) is 4.25. The highest BCUT2D eigenvalue weighted by molar-refractivity contribution is 5.94. The monoisotopic (exact) mass is 465 g/mol. The van der Waals surface area contributed by atoms with E-state index in [4.69, 9.17) is 25.7 Å². The number of methoxy groups -OCH3 is 2. The molecule has 182 valence electrons. The Morgan fingerprint density at radius 2 is 1.85 bits per heavy atom. The number of benzene rings is 2. The molecule has 2 unspecified atom stereocenters. The Balaban J connectivity index is 1.98. The molecule has 7 nitrogen and oxygen atoms in total. The van der Waals surface area contributed by atoms with Gasteiger partial charge in [0.2, 0.25) is 0 Å². The molecule has 1 fully saturated rings. The maximum absolute atomic E-state index is 11.3. The second-order valence-corrected chi connectivity index (χ2v) is 9.37. The molecule has 1 aromatic heterocycles. The van der Waals surface area contributed by atoms with E-state index in [0.29, 0.717) is 23.3 Å². The van der Waals surface area contributed by atoms with Crippen LogP contribution in [0.25, 0.3) is 22.2 Å². The van der Waals surface area contributed by atoms with Crippen molar-refractivity contribution in [3.05, 3.63) is 42.0 Å². The maximum atomic E-state index is 11.3. The molecular formula is C27H35N3O4. The van der Waals surface area contributed by atoms with E-state index in [1.54, 1.807) is 14.2 Å². The van der Waals surface area contributed by atoms with Crippen molar-refractivity contribution < 1.29 is 19.0 Å². The molecule has 2 atom stereocenters. The van der Waals surface area contributed by atoms with Crippen LogP contribution in [-0.2, 0) is 4.79 Å². The molecule has 0 spiro atoms. The first-order valence-electron chi connectivity index (χ1n) is 11.9. The molecule has 0 radical (unpaired) electrons. The minimum absolute atomic E-state index is 0.150. The molecule has 1 amide bonds. The van der Waals surface area contributed by atoms with Crippen molar-refractivity contribution in [2.24, 2.45) is 11.5 Å². The van der Waals surface area contributed by atoms with Gasteiger partial charge in [0.25, 0.3) is 5.91 Å². The van der Waals surface area contributed by atoms with Crippen molar-refractivity contribution in [3.8, 4) is 28.5 Å². The fraction of sp³-hybridized carbons (Fsp3) is 0.444. The molecule has 1 aliphatic rings. The zero-order valence-corrected chi connectivity index (χ0v) is 20.5. The van der Waals surface area contributed by atoms with Gasteiger partial charge in [-0.2, -0.15) is 0 Å². The zero-order valence-electron chi connectivity index (χ0n) is 20.5. The number of hydrogen-bond acceptors (Lipinski definition) is 5. The number of aromatic nitrogens is 1. The highest BCUT2D eigenvalue weighted by Crippen LogP contribution is 2.45. The van der Waals surface area contributed by atoms with Crippen LogP contribution in [0.15, 0.2) is 36.4 Å². The molecule has 7 heteroatoms. The number of rotatable bonds is 8. The van der Waals surface area contributed by atoms with Crippen molar-refractivity contribution in [2.75, 3.05) is 20.8 Å². The summed E-state index contributed by atoms with van der Waals surface area (Å²) >= 11 is 0. The topological polar surface area (TPSA) is 102 Å². The van der Waals surface area contributed by atoms with Gasteiger partial charge in [-0.3, -0.25) is 4.79 Å². The van der Waals surface area contributed by atoms with Crippen molar-refractivity contribution in [1.82, 2.24) is 4.57 Å². The van der Waals surface area contributed by atoms with Gasteiger partial charge in [-0.1, -0.05) is 13.8 Å². The Labute approximate surface area is 201 Å². The van der Waals surface area contributed by atoms with Crippen LogP contribution in [0.1, 0.15) is 57.1 Å². The Hall–Kier alpha value is -3.19. The summed E-state index contributed by atoms with van der Waals surface area (Å²) in [4.78, 5) is 11.3. The molecule has 0 bridgehead atoms. The van der Waals surface area contributed by atoms with Crippen LogP contribution < -0.4 is 25.7 Å². The van der Waals surface area contributed by atoms with E-state index in [-0.39, 0.29) is 18.6 Å². The standard InChI is InChI=1S/C27H35N3O4/c1-16(2)26-21-14-20(34-15-25(29)31)9-10-22(21)30(19-7-5-6-18(28)13-19)27(26)17-8-11-23(32-3)24(12-17)33-4/h8-12,14,16,18-19H,5-7,13,15,28H2,1-4H3,(H2,29,31). The average molecular weight is 466 g/mol. The number of hydrogen-bond donors (Lipinski definition) is 2. The lowest BCUT2D eigenvalue weighted by atomic mass is 9.90. The molecule has 4 rings (SSSR count). The predicted octanol–water partition coefficient (Wildman–Crippen LogP) is 4.76. The zero-order chi connectivity index (χ0) is 24.4. The van der Waals surface area contributed by atoms with Gasteiger partial charge in [0.05, 0.1) is 19.9 Å². The Kier molecular flexibility index (Phi) is 7.03. The molecule has 1 saturated carbocycles. The van der Waals surface area contributed by atoms with E-state index in [9.17, 15) is 4.79 Å². The molecule has 4 N–H and O–H groups in total. The average Bonchev–Trinajstić information content (AvgIpc) is 3.17. The van der Waals surface area contributed by atoms with Gasteiger partial charge in [0.15, 0.2) is 18.1 Å². The quantitative estimate of drug-likeness (QED) is 0.500. The van der Waals surface area contributed by atoms with Gasteiger partial charge in [0, 0.05) is 28.6 Å². The number of ether oxygens (including phenoxy) is 3. The van der Waals surface area contributed by atoms with E-state index in [1.165, 1.54) is 5.56 Å². The van der Waals surface area contributed by atoms with Crippen LogP contribution >= 0.6 is 0 Å². The molecule has 2 aromatic carbocycles. The third kappa shape index (κ3) is 4.57. The number of nitrogens with zero attached hydrogens (tertiary/aromatic N) is 1. The highest BCUT2D eigenvalue weighted by Gasteiger charge is 2.29. The molecule has 1 heterocycles. The van der Waals surface area contributed by atoms with E-state index >= 15 is 0 Å². The van der Waals surface area contributed by atoms with Crippen LogP contribution in [0.2, 0.25) is 0 Å². The summed E-state index contributed by atoms with van der Waals surface area (Å²) in [7, 11) is 3.30. The third-order valence-electron chi connectivity index (χ3n) is 6.68. The second kappa shape index (κ2) is 9.97. The lowest BCUT2D eigenvalue weighted by Gasteiger charge is -2.30. The predicted molar refractivity (Wildman–Crippen MR) is 135 cm³/mol. The van der Waals surface area contributed by atoms with Crippen LogP contribution in [0, 0.1) is 0 Å². The normalized spacial score (nSPS) is 18.3. The molecule has 0 aliphatic heterocycles. The molecule has 0 saturated heterocycles. The Morgan fingerprint density at radius 3 is 2.50 bits per heavy atom. The van der Waals surface area contributed by atoms with Gasteiger partial charge in [-0.25, -0.2) is 0 Å². The van der Waals surface area contributed by atoms with E-state index in [2.05, 4.69) is 30.5 Å². The third-order valence-corrected chi connectivity index (χ3v) is 6.68. The lowest BCUT2D eigenvalue weighted by molar-refractivity contribution is -0.119. The fourth-order valence-corrected chi connectivity index (χ4v) is 5.24. The second-order valence-electron chi connectivity index (χ2n) is 9.37. The highest BCUT2D eigenvalue weighted by atomic mass is 16.5. The minimum Gasteiger partial charge on any atom is -0.493 e. The van der Waals surface area contributed by atoms with E-state index in [0.717, 1.165) is 47.8 Å². The number of carbonyl (C=O) groups excluding carboxylic acids is 1. The summed E-state index contributed by atoms with van der Waals surface area (Å²) in [6, 6.07) is 12.6. The largest absolute Gasteiger partial charge is 0.493 e. The molecule has 1 aliphatic carbocycles. The minimum atomic E-state index is -0.496. The number of fused-ring (bicyclic) bond motifs is 1. The summed E-state index contributed by atoms with van der Waals surface area (Å²) in [5, 5.41) is 1.11. The smallest absolute Gasteiger partial charge is 0.255 e. The van der Waals surface area contributed by atoms with Gasteiger partial charge in [-0.05, 0) is 73.6 Å². The number of carbonyl (C=O) groups is 1. The van der Waals surface area contributed by atoms with E-state index in [1.807, 2.05) is 24.3 Å². The van der Waals surface area contributed by atoms with Gasteiger partial charge >= 0.3 is 0 Å². The van der Waals surface area contributed by atoms with Crippen LogP contribution in [-0.4, -0.2) is 37.3 Å². The number of nitrogens with two attached hydrogens (primary N) is 2. The first-order chi connectivity index (χ1) is 16.3. The summed E-state index contributed by atoms with van der Waals surface area (Å²) in [5.41, 5.74) is 16.3.